The third-order valence-electron chi connectivity index (χ3n) is 3.68. The van der Waals surface area contributed by atoms with E-state index in [0.29, 0.717) is 5.92 Å². The molecule has 88 valence electrons. The number of benzene rings is 1. The Balaban J connectivity index is 2.15. The first-order chi connectivity index (χ1) is 7.68. The maximum atomic E-state index is 6.35. The number of nitrogens with zero attached hydrogens (tertiary/aromatic N) is 1. The number of anilines is 1. The van der Waals surface area contributed by atoms with Gasteiger partial charge in [-0.05, 0) is 36.5 Å². The summed E-state index contributed by atoms with van der Waals surface area (Å²) in [5, 5.41) is 0. The lowest BCUT2D eigenvalue weighted by atomic mass is 9.92. The SMILES string of the molecule is CN(C)c1cccc(C(N)C2CCCC2)c1. The second kappa shape index (κ2) is 4.88. The Morgan fingerprint density at radius 1 is 1.25 bits per heavy atom. The van der Waals surface area contributed by atoms with E-state index in [9.17, 15) is 0 Å². The quantitative estimate of drug-likeness (QED) is 0.845. The van der Waals surface area contributed by atoms with Gasteiger partial charge in [-0.25, -0.2) is 0 Å². The molecule has 0 saturated heterocycles. The highest BCUT2D eigenvalue weighted by Crippen LogP contribution is 2.34. The molecule has 0 spiro atoms. The van der Waals surface area contributed by atoms with Crippen LogP contribution in [0.3, 0.4) is 0 Å². The van der Waals surface area contributed by atoms with Crippen LogP contribution in [-0.2, 0) is 0 Å². The van der Waals surface area contributed by atoms with Crippen LogP contribution in [-0.4, -0.2) is 14.1 Å². The first-order valence-electron chi connectivity index (χ1n) is 6.21. The van der Waals surface area contributed by atoms with Crippen molar-refractivity contribution >= 4 is 5.69 Å². The molecule has 16 heavy (non-hydrogen) atoms. The topological polar surface area (TPSA) is 29.3 Å². The van der Waals surface area contributed by atoms with Gasteiger partial charge in [-0.3, -0.25) is 0 Å². The van der Waals surface area contributed by atoms with Gasteiger partial charge < -0.3 is 10.6 Å². The Labute approximate surface area is 98.4 Å². The van der Waals surface area contributed by atoms with Crippen LogP contribution in [0.5, 0.6) is 0 Å². The van der Waals surface area contributed by atoms with Gasteiger partial charge in [-0.2, -0.15) is 0 Å². The van der Waals surface area contributed by atoms with Gasteiger partial charge in [-0.15, -0.1) is 0 Å². The molecule has 0 bridgehead atoms. The molecule has 1 unspecified atom stereocenters. The van der Waals surface area contributed by atoms with E-state index < -0.39 is 0 Å². The van der Waals surface area contributed by atoms with Crippen molar-refractivity contribution in [2.75, 3.05) is 19.0 Å². The van der Waals surface area contributed by atoms with Crippen molar-refractivity contribution in [2.45, 2.75) is 31.7 Å². The molecule has 0 amide bonds. The Morgan fingerprint density at radius 3 is 2.56 bits per heavy atom. The molecular formula is C14H22N2. The van der Waals surface area contributed by atoms with Crippen molar-refractivity contribution in [1.29, 1.82) is 0 Å². The summed E-state index contributed by atoms with van der Waals surface area (Å²) in [5.74, 6) is 0.692. The van der Waals surface area contributed by atoms with Gasteiger partial charge in [-0.1, -0.05) is 25.0 Å². The zero-order valence-corrected chi connectivity index (χ0v) is 10.3. The summed E-state index contributed by atoms with van der Waals surface area (Å²) in [4.78, 5) is 2.13. The van der Waals surface area contributed by atoms with Gasteiger partial charge in [0.15, 0.2) is 0 Å². The molecule has 1 aliphatic carbocycles. The molecule has 1 atom stereocenters. The summed E-state index contributed by atoms with van der Waals surface area (Å²) in [6, 6.07) is 8.85. The van der Waals surface area contributed by atoms with Gasteiger partial charge in [0.2, 0.25) is 0 Å². The van der Waals surface area contributed by atoms with E-state index in [2.05, 4.69) is 43.3 Å². The maximum absolute atomic E-state index is 6.35. The van der Waals surface area contributed by atoms with E-state index >= 15 is 0 Å². The zero-order valence-electron chi connectivity index (χ0n) is 10.3. The summed E-state index contributed by atoms with van der Waals surface area (Å²) in [7, 11) is 4.14. The molecule has 2 rings (SSSR count). The van der Waals surface area contributed by atoms with Crippen molar-refractivity contribution in [3.05, 3.63) is 29.8 Å². The van der Waals surface area contributed by atoms with E-state index in [0.717, 1.165) is 0 Å². The van der Waals surface area contributed by atoms with Gasteiger partial charge in [0, 0.05) is 25.8 Å². The molecule has 2 nitrogen and oxygen atoms in total. The standard InChI is InChI=1S/C14H22N2/c1-16(2)13-9-5-8-12(10-13)14(15)11-6-3-4-7-11/h5,8-11,14H,3-4,6-7,15H2,1-2H3. The smallest absolute Gasteiger partial charge is 0.0364 e. The fraction of sp³-hybridized carbons (Fsp3) is 0.571. The van der Waals surface area contributed by atoms with Crippen molar-refractivity contribution in [3.63, 3.8) is 0 Å². The predicted molar refractivity (Wildman–Crippen MR) is 69.7 cm³/mol. The Bertz CT molecular complexity index is 340. The van der Waals surface area contributed by atoms with Crippen LogP contribution in [0.4, 0.5) is 5.69 Å². The largest absolute Gasteiger partial charge is 0.378 e. The third kappa shape index (κ3) is 2.38. The minimum Gasteiger partial charge on any atom is -0.378 e. The minimum absolute atomic E-state index is 0.224. The summed E-state index contributed by atoms with van der Waals surface area (Å²) >= 11 is 0. The van der Waals surface area contributed by atoms with Gasteiger partial charge in [0.05, 0.1) is 0 Å². The van der Waals surface area contributed by atoms with E-state index in [1.54, 1.807) is 0 Å². The molecule has 1 aliphatic rings. The van der Waals surface area contributed by atoms with Crippen molar-refractivity contribution in [1.82, 2.24) is 0 Å². The van der Waals surface area contributed by atoms with Crippen LogP contribution < -0.4 is 10.6 Å². The highest BCUT2D eigenvalue weighted by molar-refractivity contribution is 5.47. The molecule has 1 aromatic carbocycles. The van der Waals surface area contributed by atoms with Crippen LogP contribution in [0.2, 0.25) is 0 Å². The monoisotopic (exact) mass is 218 g/mol. The predicted octanol–water partition coefficient (Wildman–Crippen LogP) is 2.94. The van der Waals surface area contributed by atoms with E-state index in [1.807, 2.05) is 0 Å². The number of hydrogen-bond acceptors (Lipinski definition) is 2. The lowest BCUT2D eigenvalue weighted by molar-refractivity contribution is 0.445. The summed E-state index contributed by atoms with van der Waals surface area (Å²) in [6.45, 7) is 0. The molecular weight excluding hydrogens is 196 g/mol. The highest BCUT2D eigenvalue weighted by Gasteiger charge is 2.23. The van der Waals surface area contributed by atoms with Crippen LogP contribution in [0, 0.1) is 5.92 Å². The first kappa shape index (κ1) is 11.5. The average molecular weight is 218 g/mol. The third-order valence-corrected chi connectivity index (χ3v) is 3.68. The summed E-state index contributed by atoms with van der Waals surface area (Å²) < 4.78 is 0. The number of nitrogens with two attached hydrogens (primary N) is 1. The normalized spacial score (nSPS) is 18.7. The summed E-state index contributed by atoms with van der Waals surface area (Å²) in [6.07, 6.45) is 5.30. The van der Waals surface area contributed by atoms with Crippen molar-refractivity contribution in [2.24, 2.45) is 11.7 Å². The molecule has 1 aromatic rings. The van der Waals surface area contributed by atoms with Crippen LogP contribution in [0.15, 0.2) is 24.3 Å². The lowest BCUT2D eigenvalue weighted by Gasteiger charge is -2.21. The Morgan fingerprint density at radius 2 is 1.94 bits per heavy atom. The zero-order chi connectivity index (χ0) is 11.5. The van der Waals surface area contributed by atoms with E-state index in [-0.39, 0.29) is 6.04 Å². The number of rotatable bonds is 3. The molecule has 2 N–H and O–H groups in total. The van der Waals surface area contributed by atoms with Gasteiger partial charge in [0.1, 0.15) is 0 Å². The molecule has 0 aromatic heterocycles. The minimum atomic E-state index is 0.224. The fourth-order valence-electron chi connectivity index (χ4n) is 2.60. The Hall–Kier alpha value is -1.02. The molecule has 0 heterocycles. The van der Waals surface area contributed by atoms with Crippen LogP contribution in [0.25, 0.3) is 0 Å². The summed E-state index contributed by atoms with van der Waals surface area (Å²) in [5.41, 5.74) is 8.88. The first-order valence-corrected chi connectivity index (χ1v) is 6.21. The lowest BCUT2D eigenvalue weighted by Crippen LogP contribution is -2.19. The van der Waals surface area contributed by atoms with Crippen molar-refractivity contribution in [3.8, 4) is 0 Å². The van der Waals surface area contributed by atoms with E-state index in [4.69, 9.17) is 5.73 Å². The molecule has 1 saturated carbocycles. The number of hydrogen-bond donors (Lipinski definition) is 1. The van der Waals surface area contributed by atoms with Crippen molar-refractivity contribution < 1.29 is 0 Å². The van der Waals surface area contributed by atoms with Gasteiger partial charge in [0.25, 0.3) is 0 Å². The molecule has 0 aliphatic heterocycles. The van der Waals surface area contributed by atoms with E-state index in [1.165, 1.54) is 36.9 Å². The van der Waals surface area contributed by atoms with Crippen LogP contribution in [0.1, 0.15) is 37.3 Å². The molecule has 2 heteroatoms. The average Bonchev–Trinajstić information content (AvgIpc) is 2.81. The second-order valence-electron chi connectivity index (χ2n) is 5.06. The van der Waals surface area contributed by atoms with Crippen LogP contribution >= 0.6 is 0 Å². The Kier molecular flexibility index (Phi) is 3.49. The highest BCUT2D eigenvalue weighted by atomic mass is 15.1. The second-order valence-corrected chi connectivity index (χ2v) is 5.06. The molecule has 0 radical (unpaired) electrons. The van der Waals surface area contributed by atoms with Gasteiger partial charge >= 0.3 is 0 Å². The maximum Gasteiger partial charge on any atom is 0.0364 e. The molecule has 1 fully saturated rings. The fourth-order valence-corrected chi connectivity index (χ4v) is 2.60.